The van der Waals surface area contributed by atoms with Gasteiger partial charge in [-0.3, -0.25) is 4.79 Å². The first kappa shape index (κ1) is 22.2. The Bertz CT molecular complexity index is 1010. The van der Waals surface area contributed by atoms with Crippen LogP contribution < -0.4 is 10.1 Å². The molecule has 1 amide bonds. The number of anilines is 1. The lowest BCUT2D eigenvalue weighted by Crippen LogP contribution is -2.43. The Morgan fingerprint density at radius 2 is 1.90 bits per heavy atom. The molecule has 0 saturated carbocycles. The zero-order chi connectivity index (χ0) is 21.9. The first-order chi connectivity index (χ1) is 14.2. The number of carbonyl (C=O) groups excluding carboxylic acids is 1. The van der Waals surface area contributed by atoms with E-state index in [0.717, 1.165) is 12.1 Å². The standard InChI is InChI=1S/C22H27FN2O4S/c1-15(2)16-6-9-19(10-7-16)24-22(26)17-5-4-12-25(14-17)30(27,28)21-13-18(23)8-11-20(21)29-3/h6-11,13,15,17H,4-5,12,14H2,1-3H3,(H,24,26)/t17-/m0/s1. The van der Waals surface area contributed by atoms with Gasteiger partial charge in [0.1, 0.15) is 16.5 Å². The predicted octanol–water partition coefficient (Wildman–Crippen LogP) is 4.00. The van der Waals surface area contributed by atoms with Crippen molar-refractivity contribution in [3.8, 4) is 5.75 Å². The Hall–Kier alpha value is -2.45. The Kier molecular flexibility index (Phi) is 6.77. The second kappa shape index (κ2) is 9.14. The number of sulfonamides is 1. The molecule has 162 valence electrons. The summed E-state index contributed by atoms with van der Waals surface area (Å²) in [5.41, 5.74) is 1.85. The minimum Gasteiger partial charge on any atom is -0.495 e. The van der Waals surface area contributed by atoms with Crippen LogP contribution in [0.2, 0.25) is 0 Å². The average Bonchev–Trinajstić information content (AvgIpc) is 2.74. The van der Waals surface area contributed by atoms with E-state index in [9.17, 15) is 17.6 Å². The zero-order valence-corrected chi connectivity index (χ0v) is 18.2. The van der Waals surface area contributed by atoms with Crippen molar-refractivity contribution in [2.24, 2.45) is 5.92 Å². The van der Waals surface area contributed by atoms with E-state index in [2.05, 4.69) is 19.2 Å². The van der Waals surface area contributed by atoms with E-state index in [0.29, 0.717) is 24.4 Å². The highest BCUT2D eigenvalue weighted by Crippen LogP contribution is 2.31. The van der Waals surface area contributed by atoms with Crippen LogP contribution in [0.4, 0.5) is 10.1 Å². The predicted molar refractivity (Wildman–Crippen MR) is 114 cm³/mol. The maximum absolute atomic E-state index is 13.7. The second-order valence-electron chi connectivity index (χ2n) is 7.76. The molecular formula is C22H27FN2O4S. The molecule has 0 spiro atoms. The van der Waals surface area contributed by atoms with Crippen molar-refractivity contribution in [2.45, 2.75) is 37.5 Å². The Labute approximate surface area is 177 Å². The molecule has 0 aliphatic carbocycles. The highest BCUT2D eigenvalue weighted by atomic mass is 32.2. The van der Waals surface area contributed by atoms with Gasteiger partial charge in [0.25, 0.3) is 0 Å². The summed E-state index contributed by atoms with van der Waals surface area (Å²) in [5, 5.41) is 2.88. The summed E-state index contributed by atoms with van der Waals surface area (Å²) in [6.07, 6.45) is 1.13. The molecule has 0 unspecified atom stereocenters. The molecule has 3 rings (SSSR count). The van der Waals surface area contributed by atoms with Crippen molar-refractivity contribution in [1.29, 1.82) is 0 Å². The number of hydrogen-bond acceptors (Lipinski definition) is 4. The van der Waals surface area contributed by atoms with E-state index in [1.165, 1.54) is 23.0 Å². The van der Waals surface area contributed by atoms with Gasteiger partial charge in [0.2, 0.25) is 15.9 Å². The molecule has 30 heavy (non-hydrogen) atoms. The molecule has 1 saturated heterocycles. The molecule has 1 fully saturated rings. The number of methoxy groups -OCH3 is 1. The smallest absolute Gasteiger partial charge is 0.246 e. The van der Waals surface area contributed by atoms with E-state index in [1.54, 1.807) is 0 Å². The lowest BCUT2D eigenvalue weighted by atomic mass is 9.98. The number of nitrogens with zero attached hydrogens (tertiary/aromatic N) is 1. The molecule has 2 aromatic rings. The Balaban J connectivity index is 1.74. The van der Waals surface area contributed by atoms with Crippen molar-refractivity contribution >= 4 is 21.6 Å². The molecule has 1 N–H and O–H groups in total. The minimum absolute atomic E-state index is 0.0396. The van der Waals surface area contributed by atoms with Gasteiger partial charge in [0.05, 0.1) is 13.0 Å². The van der Waals surface area contributed by atoms with Crippen LogP contribution in [0, 0.1) is 11.7 Å². The number of amides is 1. The van der Waals surface area contributed by atoms with Gasteiger partial charge in [-0.05, 0) is 54.7 Å². The Morgan fingerprint density at radius 3 is 2.53 bits per heavy atom. The fourth-order valence-electron chi connectivity index (χ4n) is 3.56. The van der Waals surface area contributed by atoms with E-state index in [1.807, 2.05) is 24.3 Å². The number of ether oxygens (including phenoxy) is 1. The van der Waals surface area contributed by atoms with Crippen LogP contribution in [-0.2, 0) is 14.8 Å². The van der Waals surface area contributed by atoms with Gasteiger partial charge in [-0.2, -0.15) is 4.31 Å². The highest BCUT2D eigenvalue weighted by Gasteiger charge is 2.35. The van der Waals surface area contributed by atoms with Gasteiger partial charge in [0.15, 0.2) is 0 Å². The summed E-state index contributed by atoms with van der Waals surface area (Å²) in [6, 6.07) is 11.0. The summed E-state index contributed by atoms with van der Waals surface area (Å²) in [7, 11) is -2.66. The third-order valence-corrected chi connectivity index (χ3v) is 7.23. The third-order valence-electron chi connectivity index (χ3n) is 5.34. The van der Waals surface area contributed by atoms with Crippen LogP contribution >= 0.6 is 0 Å². The summed E-state index contributed by atoms with van der Waals surface area (Å²) < 4.78 is 46.2. The molecule has 2 aromatic carbocycles. The molecule has 8 heteroatoms. The van der Waals surface area contributed by atoms with Crippen molar-refractivity contribution in [3.05, 3.63) is 53.8 Å². The molecule has 1 aliphatic rings. The normalized spacial score (nSPS) is 17.7. The lowest BCUT2D eigenvalue weighted by Gasteiger charge is -2.31. The maximum Gasteiger partial charge on any atom is 0.246 e. The van der Waals surface area contributed by atoms with Crippen LogP contribution in [0.25, 0.3) is 0 Å². The van der Waals surface area contributed by atoms with Gasteiger partial charge in [0, 0.05) is 18.8 Å². The molecule has 1 heterocycles. The molecule has 6 nitrogen and oxygen atoms in total. The van der Waals surface area contributed by atoms with Crippen LogP contribution in [0.15, 0.2) is 47.4 Å². The number of rotatable bonds is 6. The van der Waals surface area contributed by atoms with Crippen LogP contribution in [0.5, 0.6) is 5.75 Å². The number of piperidine rings is 1. The summed E-state index contributed by atoms with van der Waals surface area (Å²) in [5.74, 6) is -0.901. The maximum atomic E-state index is 13.7. The van der Waals surface area contributed by atoms with E-state index in [-0.39, 0.29) is 29.6 Å². The van der Waals surface area contributed by atoms with Gasteiger partial charge in [-0.15, -0.1) is 0 Å². The Morgan fingerprint density at radius 1 is 1.20 bits per heavy atom. The summed E-state index contributed by atoms with van der Waals surface area (Å²) in [6.45, 7) is 4.50. The van der Waals surface area contributed by atoms with Gasteiger partial charge in [-0.25, -0.2) is 12.8 Å². The summed E-state index contributed by atoms with van der Waals surface area (Å²) >= 11 is 0. The van der Waals surface area contributed by atoms with Crippen LogP contribution in [0.1, 0.15) is 38.2 Å². The van der Waals surface area contributed by atoms with Crippen molar-refractivity contribution in [2.75, 3.05) is 25.5 Å². The van der Waals surface area contributed by atoms with Crippen LogP contribution in [-0.4, -0.2) is 38.8 Å². The first-order valence-electron chi connectivity index (χ1n) is 9.97. The molecule has 1 atom stereocenters. The zero-order valence-electron chi connectivity index (χ0n) is 17.4. The van der Waals surface area contributed by atoms with E-state index >= 15 is 0 Å². The number of nitrogens with one attached hydrogen (secondary N) is 1. The fourth-order valence-corrected chi connectivity index (χ4v) is 5.25. The SMILES string of the molecule is COc1ccc(F)cc1S(=O)(=O)N1CCC[C@H](C(=O)Nc2ccc(C(C)C)cc2)C1. The van der Waals surface area contributed by atoms with E-state index < -0.39 is 21.8 Å². The van der Waals surface area contributed by atoms with Crippen molar-refractivity contribution in [3.63, 3.8) is 0 Å². The first-order valence-corrected chi connectivity index (χ1v) is 11.4. The quantitative estimate of drug-likeness (QED) is 0.746. The molecule has 0 bridgehead atoms. The molecule has 1 aliphatic heterocycles. The lowest BCUT2D eigenvalue weighted by molar-refractivity contribution is -0.120. The third kappa shape index (κ3) is 4.82. The molecule has 0 radical (unpaired) electrons. The number of halogens is 1. The van der Waals surface area contributed by atoms with Crippen molar-refractivity contribution in [1.82, 2.24) is 4.31 Å². The number of benzene rings is 2. The summed E-state index contributed by atoms with van der Waals surface area (Å²) in [4.78, 5) is 12.5. The molecule has 0 aromatic heterocycles. The van der Waals surface area contributed by atoms with E-state index in [4.69, 9.17) is 4.74 Å². The van der Waals surface area contributed by atoms with Gasteiger partial charge >= 0.3 is 0 Å². The number of carbonyl (C=O) groups is 1. The topological polar surface area (TPSA) is 75.7 Å². The number of hydrogen-bond donors (Lipinski definition) is 1. The monoisotopic (exact) mass is 434 g/mol. The van der Waals surface area contributed by atoms with Gasteiger partial charge in [-0.1, -0.05) is 26.0 Å². The van der Waals surface area contributed by atoms with Crippen LogP contribution in [0.3, 0.4) is 0 Å². The average molecular weight is 435 g/mol. The minimum atomic E-state index is -3.99. The largest absolute Gasteiger partial charge is 0.495 e. The molecular weight excluding hydrogens is 407 g/mol. The van der Waals surface area contributed by atoms with Crippen molar-refractivity contribution < 1.29 is 22.3 Å². The second-order valence-corrected chi connectivity index (χ2v) is 9.67. The fraction of sp³-hybridized carbons (Fsp3) is 0.409. The highest BCUT2D eigenvalue weighted by molar-refractivity contribution is 7.89. The van der Waals surface area contributed by atoms with Gasteiger partial charge < -0.3 is 10.1 Å².